The number of imidazole rings is 1. The SMILES string of the molecule is C=C(C)C(=O)OCc1cn(Cc2ccccc2)c(-c2ccccc2)n1. The molecule has 0 bridgehead atoms. The van der Waals surface area contributed by atoms with Gasteiger partial charge in [-0.05, 0) is 12.5 Å². The van der Waals surface area contributed by atoms with Crippen LogP contribution in [0.15, 0.2) is 79.0 Å². The maximum atomic E-state index is 11.6. The lowest BCUT2D eigenvalue weighted by Crippen LogP contribution is -2.05. The van der Waals surface area contributed by atoms with Gasteiger partial charge in [0, 0.05) is 23.9 Å². The van der Waals surface area contributed by atoms with E-state index in [2.05, 4.69) is 28.3 Å². The monoisotopic (exact) mass is 332 g/mol. The predicted octanol–water partition coefficient (Wildman–Crippen LogP) is 4.22. The number of hydrogen-bond acceptors (Lipinski definition) is 3. The molecule has 0 aliphatic rings. The molecule has 1 aromatic heterocycles. The van der Waals surface area contributed by atoms with E-state index in [9.17, 15) is 4.79 Å². The molecule has 126 valence electrons. The van der Waals surface area contributed by atoms with Crippen molar-refractivity contribution in [1.82, 2.24) is 9.55 Å². The van der Waals surface area contributed by atoms with Crippen molar-refractivity contribution >= 4 is 5.97 Å². The molecule has 2 aromatic carbocycles. The Morgan fingerprint density at radius 2 is 1.72 bits per heavy atom. The lowest BCUT2D eigenvalue weighted by molar-refractivity contribution is -0.140. The summed E-state index contributed by atoms with van der Waals surface area (Å²) in [7, 11) is 0. The zero-order valence-electron chi connectivity index (χ0n) is 14.2. The highest BCUT2D eigenvalue weighted by Gasteiger charge is 2.12. The van der Waals surface area contributed by atoms with Crippen molar-refractivity contribution in [3.05, 3.63) is 90.3 Å². The van der Waals surface area contributed by atoms with Gasteiger partial charge in [0.05, 0.1) is 5.69 Å². The van der Waals surface area contributed by atoms with E-state index >= 15 is 0 Å². The first-order chi connectivity index (χ1) is 12.1. The van der Waals surface area contributed by atoms with Crippen LogP contribution in [-0.2, 0) is 22.7 Å². The molecule has 25 heavy (non-hydrogen) atoms. The van der Waals surface area contributed by atoms with Crippen molar-refractivity contribution in [2.24, 2.45) is 0 Å². The minimum atomic E-state index is -0.404. The summed E-state index contributed by atoms with van der Waals surface area (Å²) in [6, 6.07) is 20.2. The molecule has 0 radical (unpaired) electrons. The van der Waals surface area contributed by atoms with Crippen molar-refractivity contribution in [3.8, 4) is 11.4 Å². The molecule has 4 heteroatoms. The summed E-state index contributed by atoms with van der Waals surface area (Å²) >= 11 is 0. The second-order valence-electron chi connectivity index (χ2n) is 5.89. The molecule has 0 spiro atoms. The normalized spacial score (nSPS) is 10.4. The van der Waals surface area contributed by atoms with Crippen LogP contribution < -0.4 is 0 Å². The molecule has 0 saturated heterocycles. The highest BCUT2D eigenvalue weighted by Crippen LogP contribution is 2.20. The van der Waals surface area contributed by atoms with Gasteiger partial charge in [-0.2, -0.15) is 0 Å². The number of rotatable bonds is 6. The van der Waals surface area contributed by atoms with Crippen molar-refractivity contribution in [3.63, 3.8) is 0 Å². The minimum absolute atomic E-state index is 0.132. The first-order valence-corrected chi connectivity index (χ1v) is 8.11. The average molecular weight is 332 g/mol. The van der Waals surface area contributed by atoms with Gasteiger partial charge in [0.25, 0.3) is 0 Å². The fourth-order valence-corrected chi connectivity index (χ4v) is 2.52. The highest BCUT2D eigenvalue weighted by molar-refractivity contribution is 5.86. The molecular weight excluding hydrogens is 312 g/mol. The Hall–Kier alpha value is -3.14. The van der Waals surface area contributed by atoms with Crippen LogP contribution in [0.3, 0.4) is 0 Å². The van der Waals surface area contributed by atoms with Crippen LogP contribution in [0.1, 0.15) is 18.2 Å². The number of ether oxygens (including phenoxy) is 1. The standard InChI is InChI=1S/C21H20N2O2/c1-16(2)21(24)25-15-19-14-23(13-17-9-5-3-6-10-17)20(22-19)18-11-7-4-8-12-18/h3-12,14H,1,13,15H2,2H3. The van der Waals surface area contributed by atoms with Crippen LogP contribution in [0.25, 0.3) is 11.4 Å². The zero-order valence-corrected chi connectivity index (χ0v) is 14.2. The van der Waals surface area contributed by atoms with Crippen LogP contribution in [0.5, 0.6) is 0 Å². The van der Waals surface area contributed by atoms with E-state index in [-0.39, 0.29) is 6.61 Å². The van der Waals surface area contributed by atoms with Gasteiger partial charge in [0.1, 0.15) is 12.4 Å². The van der Waals surface area contributed by atoms with Crippen molar-refractivity contribution in [1.29, 1.82) is 0 Å². The predicted molar refractivity (Wildman–Crippen MR) is 97.8 cm³/mol. The van der Waals surface area contributed by atoms with E-state index in [0.29, 0.717) is 17.8 Å². The number of nitrogens with zero attached hydrogens (tertiary/aromatic N) is 2. The number of esters is 1. The Morgan fingerprint density at radius 3 is 2.36 bits per heavy atom. The molecule has 3 aromatic rings. The van der Waals surface area contributed by atoms with Crippen LogP contribution in [0, 0.1) is 0 Å². The third-order valence-electron chi connectivity index (χ3n) is 3.75. The third-order valence-corrected chi connectivity index (χ3v) is 3.75. The van der Waals surface area contributed by atoms with Gasteiger partial charge >= 0.3 is 5.97 Å². The summed E-state index contributed by atoms with van der Waals surface area (Å²) in [6.07, 6.45) is 1.93. The molecule has 0 unspecified atom stereocenters. The van der Waals surface area contributed by atoms with Gasteiger partial charge in [-0.25, -0.2) is 9.78 Å². The van der Waals surface area contributed by atoms with Crippen molar-refractivity contribution < 1.29 is 9.53 Å². The van der Waals surface area contributed by atoms with Crippen molar-refractivity contribution in [2.45, 2.75) is 20.1 Å². The van der Waals surface area contributed by atoms with E-state index in [1.54, 1.807) is 6.92 Å². The Morgan fingerprint density at radius 1 is 1.08 bits per heavy atom. The highest BCUT2D eigenvalue weighted by atomic mass is 16.5. The number of benzene rings is 2. The molecule has 0 amide bonds. The van der Waals surface area contributed by atoms with Gasteiger partial charge < -0.3 is 9.30 Å². The Balaban J connectivity index is 1.88. The van der Waals surface area contributed by atoms with Gasteiger partial charge in [0.2, 0.25) is 0 Å². The number of carbonyl (C=O) groups excluding carboxylic acids is 1. The molecule has 4 nitrogen and oxygen atoms in total. The maximum absolute atomic E-state index is 11.6. The average Bonchev–Trinajstić information content (AvgIpc) is 3.04. The Kier molecular flexibility index (Phi) is 5.09. The van der Waals surface area contributed by atoms with Crippen LogP contribution in [-0.4, -0.2) is 15.5 Å². The summed E-state index contributed by atoms with van der Waals surface area (Å²) < 4.78 is 7.31. The van der Waals surface area contributed by atoms with Crippen LogP contribution in [0.4, 0.5) is 0 Å². The number of aromatic nitrogens is 2. The van der Waals surface area contributed by atoms with Gasteiger partial charge in [-0.15, -0.1) is 0 Å². The first kappa shape index (κ1) is 16.7. The fourth-order valence-electron chi connectivity index (χ4n) is 2.52. The molecule has 0 atom stereocenters. The molecule has 0 aliphatic heterocycles. The minimum Gasteiger partial charge on any atom is -0.456 e. The quantitative estimate of drug-likeness (QED) is 0.501. The smallest absolute Gasteiger partial charge is 0.333 e. The first-order valence-electron chi connectivity index (χ1n) is 8.11. The van der Waals surface area contributed by atoms with E-state index in [4.69, 9.17) is 4.74 Å². The Labute approximate surface area is 147 Å². The molecule has 1 heterocycles. The van der Waals surface area contributed by atoms with E-state index < -0.39 is 5.97 Å². The van der Waals surface area contributed by atoms with E-state index in [0.717, 1.165) is 11.4 Å². The van der Waals surface area contributed by atoms with Crippen LogP contribution >= 0.6 is 0 Å². The summed E-state index contributed by atoms with van der Waals surface area (Å²) in [4.78, 5) is 16.3. The third kappa shape index (κ3) is 4.23. The molecule has 0 fully saturated rings. The molecule has 0 saturated carbocycles. The Bertz CT molecular complexity index is 867. The lowest BCUT2D eigenvalue weighted by Gasteiger charge is -2.07. The second kappa shape index (κ2) is 7.62. The molecule has 3 rings (SSSR count). The van der Waals surface area contributed by atoms with Crippen molar-refractivity contribution in [2.75, 3.05) is 0 Å². The van der Waals surface area contributed by atoms with Gasteiger partial charge in [-0.3, -0.25) is 0 Å². The second-order valence-corrected chi connectivity index (χ2v) is 5.89. The zero-order chi connectivity index (χ0) is 17.6. The van der Waals surface area contributed by atoms with E-state index in [1.807, 2.05) is 54.7 Å². The summed E-state index contributed by atoms with van der Waals surface area (Å²) in [5, 5.41) is 0. The van der Waals surface area contributed by atoms with Gasteiger partial charge in [-0.1, -0.05) is 67.2 Å². The summed E-state index contributed by atoms with van der Waals surface area (Å²) in [5.74, 6) is 0.449. The van der Waals surface area contributed by atoms with E-state index in [1.165, 1.54) is 5.56 Å². The largest absolute Gasteiger partial charge is 0.456 e. The topological polar surface area (TPSA) is 44.1 Å². The van der Waals surface area contributed by atoms with Crippen LogP contribution in [0.2, 0.25) is 0 Å². The lowest BCUT2D eigenvalue weighted by atomic mass is 10.2. The molecular formula is C21H20N2O2. The summed E-state index contributed by atoms with van der Waals surface area (Å²) in [6.45, 7) is 6.06. The summed E-state index contributed by atoms with van der Waals surface area (Å²) in [5.41, 5.74) is 3.30. The molecule has 0 aliphatic carbocycles. The maximum Gasteiger partial charge on any atom is 0.333 e. The number of hydrogen-bond donors (Lipinski definition) is 0. The number of carbonyl (C=O) groups is 1. The van der Waals surface area contributed by atoms with Gasteiger partial charge in [0.15, 0.2) is 0 Å². The molecule has 0 N–H and O–H groups in total. The fraction of sp³-hybridized carbons (Fsp3) is 0.143.